The molecule has 5 aromatic rings. The highest BCUT2D eigenvalue weighted by Gasteiger charge is 2.24. The number of fused-ring (bicyclic) bond motifs is 6. The minimum atomic E-state index is 0.0736. The Morgan fingerprint density at radius 1 is 0.676 bits per heavy atom. The molecule has 0 aliphatic heterocycles. The Balaban J connectivity index is 1.60. The monoisotopic (exact) mass is 530 g/mol. The molecule has 0 atom stereocenters. The minimum absolute atomic E-state index is 0.0736. The molecule has 0 aliphatic carbocycles. The van der Waals surface area contributed by atoms with Crippen LogP contribution in [0.1, 0.15) is 80.5 Å². The van der Waals surface area contributed by atoms with E-state index in [1.807, 2.05) is 52.5 Å². The minimum Gasteiger partial charge on any atom is -0.495 e. The highest BCUT2D eigenvalue weighted by molar-refractivity contribution is 7.35. The smallest absolute Gasteiger partial charge is 0.146 e. The number of thiophene rings is 4. The lowest BCUT2D eigenvalue weighted by atomic mass is 10.1. The first kappa shape index (κ1) is 24.5. The maximum atomic E-state index is 10.5. The van der Waals surface area contributed by atoms with Gasteiger partial charge >= 0.3 is 0 Å². The Labute approximate surface area is 218 Å². The Bertz CT molecular complexity index is 1310. The molecule has 2 nitrogen and oxygen atoms in total. The van der Waals surface area contributed by atoms with E-state index in [4.69, 9.17) is 4.74 Å². The SMILES string of the molecule is CCCCCCc1cc2sc3c(OC)c4c(sc5cc(CCCCCC)sc54)c(CO)c3c2s1. The standard InChI is InChI=1S/C28H34O2S4/c1-4-6-8-10-12-17-14-20-26(31-17)22-19(16-29)25-23(24(30-3)28(22)34-20)27-21(33-25)15-18(32-27)13-11-9-7-5-2/h14-15,29H,4-13,16H2,1-3H3. The van der Waals surface area contributed by atoms with Crippen LogP contribution in [0.2, 0.25) is 0 Å². The summed E-state index contributed by atoms with van der Waals surface area (Å²) < 4.78 is 13.9. The van der Waals surface area contributed by atoms with Crippen LogP contribution in [0.25, 0.3) is 39.0 Å². The van der Waals surface area contributed by atoms with E-state index in [2.05, 4.69) is 26.0 Å². The number of unbranched alkanes of at least 4 members (excludes halogenated alkanes) is 6. The van der Waals surface area contributed by atoms with Crippen LogP contribution in [-0.4, -0.2) is 12.2 Å². The molecule has 182 valence electrons. The Morgan fingerprint density at radius 3 is 1.76 bits per heavy atom. The molecule has 4 heterocycles. The number of rotatable bonds is 12. The average molecular weight is 531 g/mol. The van der Waals surface area contributed by atoms with Gasteiger partial charge in [-0.1, -0.05) is 52.4 Å². The van der Waals surface area contributed by atoms with Crippen molar-refractivity contribution in [1.29, 1.82) is 0 Å². The van der Waals surface area contributed by atoms with Gasteiger partial charge in [-0.25, -0.2) is 0 Å². The summed E-state index contributed by atoms with van der Waals surface area (Å²) in [6, 6.07) is 4.78. The highest BCUT2D eigenvalue weighted by atomic mass is 32.1. The lowest BCUT2D eigenvalue weighted by molar-refractivity contribution is 0.285. The first-order valence-corrected chi connectivity index (χ1v) is 16.0. The molecular weight excluding hydrogens is 497 g/mol. The highest BCUT2D eigenvalue weighted by Crippen LogP contribution is 2.54. The molecule has 0 bridgehead atoms. The van der Waals surface area contributed by atoms with Crippen molar-refractivity contribution in [2.75, 3.05) is 7.11 Å². The van der Waals surface area contributed by atoms with E-state index >= 15 is 0 Å². The van der Waals surface area contributed by atoms with Crippen LogP contribution in [0.5, 0.6) is 5.75 Å². The average Bonchev–Trinajstić information content (AvgIpc) is 3.57. The van der Waals surface area contributed by atoms with Gasteiger partial charge < -0.3 is 9.84 Å². The summed E-state index contributed by atoms with van der Waals surface area (Å²) in [4.78, 5) is 2.95. The Kier molecular flexibility index (Phi) is 7.81. The molecule has 0 spiro atoms. The van der Waals surface area contributed by atoms with Crippen molar-refractivity contribution >= 4 is 84.3 Å². The second kappa shape index (κ2) is 10.8. The zero-order valence-electron chi connectivity index (χ0n) is 20.4. The fraction of sp³-hybridized carbons (Fsp3) is 0.500. The molecule has 0 saturated heterocycles. The molecular formula is C28H34O2S4. The summed E-state index contributed by atoms with van der Waals surface area (Å²) >= 11 is 7.54. The van der Waals surface area contributed by atoms with Crippen LogP contribution in [0.3, 0.4) is 0 Å². The molecule has 0 unspecified atom stereocenters. The number of hydrogen-bond acceptors (Lipinski definition) is 6. The predicted molar refractivity (Wildman–Crippen MR) is 156 cm³/mol. The van der Waals surface area contributed by atoms with Crippen molar-refractivity contribution < 1.29 is 9.84 Å². The van der Waals surface area contributed by atoms with E-state index in [9.17, 15) is 5.11 Å². The third kappa shape index (κ3) is 4.41. The van der Waals surface area contributed by atoms with Crippen LogP contribution >= 0.6 is 45.3 Å². The summed E-state index contributed by atoms with van der Waals surface area (Å²) in [6.07, 6.45) is 12.7. The molecule has 0 radical (unpaired) electrons. The number of aliphatic hydroxyl groups is 1. The van der Waals surface area contributed by atoms with Gasteiger partial charge in [0.05, 0.1) is 33.2 Å². The normalized spacial score (nSPS) is 12.2. The maximum absolute atomic E-state index is 10.5. The zero-order chi connectivity index (χ0) is 23.7. The van der Waals surface area contributed by atoms with Gasteiger partial charge in [-0.2, -0.15) is 0 Å². The summed E-state index contributed by atoms with van der Waals surface area (Å²) in [7, 11) is 1.81. The third-order valence-electron chi connectivity index (χ3n) is 6.76. The molecule has 0 amide bonds. The van der Waals surface area contributed by atoms with Crippen LogP contribution in [-0.2, 0) is 19.4 Å². The van der Waals surface area contributed by atoms with Gasteiger partial charge in [0, 0.05) is 34.8 Å². The lowest BCUT2D eigenvalue weighted by Gasteiger charge is -2.09. The van der Waals surface area contributed by atoms with Gasteiger partial charge in [-0.3, -0.25) is 0 Å². The molecule has 6 heteroatoms. The fourth-order valence-electron chi connectivity index (χ4n) is 5.00. The van der Waals surface area contributed by atoms with Crippen molar-refractivity contribution in [3.8, 4) is 5.75 Å². The first-order valence-electron chi connectivity index (χ1n) is 12.7. The molecule has 4 aromatic heterocycles. The number of hydrogen-bond donors (Lipinski definition) is 1. The molecule has 0 aliphatic rings. The lowest BCUT2D eigenvalue weighted by Crippen LogP contribution is -1.90. The zero-order valence-corrected chi connectivity index (χ0v) is 23.7. The van der Waals surface area contributed by atoms with E-state index < -0.39 is 0 Å². The molecule has 1 aromatic carbocycles. The van der Waals surface area contributed by atoms with E-state index in [0.29, 0.717) is 0 Å². The second-order valence-corrected chi connectivity index (χ2v) is 13.6. The molecule has 5 rings (SSSR count). The van der Waals surface area contributed by atoms with Gasteiger partial charge in [0.25, 0.3) is 0 Å². The van der Waals surface area contributed by atoms with Gasteiger partial charge in [-0.15, -0.1) is 45.3 Å². The van der Waals surface area contributed by atoms with E-state index in [-0.39, 0.29) is 6.61 Å². The number of methoxy groups -OCH3 is 1. The van der Waals surface area contributed by atoms with Crippen LogP contribution in [0, 0.1) is 0 Å². The fourth-order valence-corrected chi connectivity index (χ4v) is 10.5. The van der Waals surface area contributed by atoms with E-state index in [0.717, 1.165) is 17.7 Å². The van der Waals surface area contributed by atoms with Gasteiger partial charge in [0.2, 0.25) is 0 Å². The number of aliphatic hydroxyl groups excluding tert-OH is 1. The third-order valence-corrected chi connectivity index (χ3v) is 11.8. The van der Waals surface area contributed by atoms with Gasteiger partial charge in [0.15, 0.2) is 0 Å². The molecule has 0 saturated carbocycles. The molecule has 0 fully saturated rings. The maximum Gasteiger partial charge on any atom is 0.146 e. The van der Waals surface area contributed by atoms with Crippen molar-refractivity contribution in [2.24, 2.45) is 0 Å². The topological polar surface area (TPSA) is 29.5 Å². The van der Waals surface area contributed by atoms with Crippen molar-refractivity contribution in [3.05, 3.63) is 27.5 Å². The Hall–Kier alpha value is -1.18. The van der Waals surface area contributed by atoms with Crippen LogP contribution < -0.4 is 4.74 Å². The van der Waals surface area contributed by atoms with E-state index in [1.54, 1.807) is 0 Å². The van der Waals surface area contributed by atoms with E-state index in [1.165, 1.54) is 107 Å². The Morgan fingerprint density at radius 2 is 1.24 bits per heavy atom. The van der Waals surface area contributed by atoms with Crippen LogP contribution in [0.15, 0.2) is 12.1 Å². The van der Waals surface area contributed by atoms with Crippen molar-refractivity contribution in [1.82, 2.24) is 0 Å². The molecule has 34 heavy (non-hydrogen) atoms. The summed E-state index contributed by atoms with van der Waals surface area (Å²) in [5.41, 5.74) is 1.09. The number of aryl methyl sites for hydroxylation is 2. The van der Waals surface area contributed by atoms with Crippen molar-refractivity contribution in [2.45, 2.75) is 84.7 Å². The van der Waals surface area contributed by atoms with Gasteiger partial charge in [0.1, 0.15) is 5.75 Å². The largest absolute Gasteiger partial charge is 0.495 e. The summed E-state index contributed by atoms with van der Waals surface area (Å²) in [5.74, 6) is 1.01. The first-order chi connectivity index (χ1) is 16.7. The summed E-state index contributed by atoms with van der Waals surface area (Å²) in [6.45, 7) is 4.60. The van der Waals surface area contributed by atoms with Gasteiger partial charge in [-0.05, 0) is 37.8 Å². The van der Waals surface area contributed by atoms with Crippen LogP contribution in [0.4, 0.5) is 0 Å². The second-order valence-electron chi connectivity index (χ2n) is 9.22. The summed E-state index contributed by atoms with van der Waals surface area (Å²) in [5, 5.41) is 13.0. The molecule has 1 N–H and O–H groups in total. The quantitative estimate of drug-likeness (QED) is 0.163. The number of ether oxygens (including phenoxy) is 1. The van der Waals surface area contributed by atoms with Crippen molar-refractivity contribution in [3.63, 3.8) is 0 Å². The number of benzene rings is 1. The predicted octanol–water partition coefficient (Wildman–Crippen LogP) is 10.3.